The molecule has 0 aliphatic carbocycles. The fourth-order valence-corrected chi connectivity index (χ4v) is 1.69. The van der Waals surface area contributed by atoms with E-state index < -0.39 is 0 Å². The standard InChI is InChI=1S/C14H17NO2/c1-10(2)15(3)8-13(16)12-9-17-14-7-5-4-6-11(12)14/h4-7,9-10H,8H2,1-3H3. The van der Waals surface area contributed by atoms with Crippen LogP contribution in [-0.2, 0) is 0 Å². The number of carbonyl (C=O) groups excluding carboxylic acids is 1. The van der Waals surface area contributed by atoms with Crippen LogP contribution in [0.15, 0.2) is 34.9 Å². The van der Waals surface area contributed by atoms with Crippen molar-refractivity contribution in [2.45, 2.75) is 19.9 Å². The molecule has 1 heterocycles. The fraction of sp³-hybridized carbons (Fsp3) is 0.357. The van der Waals surface area contributed by atoms with E-state index in [1.165, 1.54) is 0 Å². The van der Waals surface area contributed by atoms with Crippen LogP contribution in [0.5, 0.6) is 0 Å². The highest BCUT2D eigenvalue weighted by molar-refractivity contribution is 6.08. The van der Waals surface area contributed by atoms with E-state index in [4.69, 9.17) is 4.42 Å². The molecule has 17 heavy (non-hydrogen) atoms. The van der Waals surface area contributed by atoms with Crippen LogP contribution >= 0.6 is 0 Å². The lowest BCUT2D eigenvalue weighted by Gasteiger charge is -2.19. The first-order chi connectivity index (χ1) is 8.09. The first-order valence-electron chi connectivity index (χ1n) is 5.79. The summed E-state index contributed by atoms with van der Waals surface area (Å²) in [5.74, 6) is 0.103. The third kappa shape index (κ3) is 2.39. The van der Waals surface area contributed by atoms with Gasteiger partial charge in [-0.2, -0.15) is 0 Å². The average Bonchev–Trinajstić information content (AvgIpc) is 2.72. The lowest BCUT2D eigenvalue weighted by molar-refractivity contribution is 0.0930. The van der Waals surface area contributed by atoms with Crippen molar-refractivity contribution in [3.63, 3.8) is 0 Å². The van der Waals surface area contributed by atoms with E-state index >= 15 is 0 Å². The molecule has 2 aromatic rings. The highest BCUT2D eigenvalue weighted by atomic mass is 16.3. The summed E-state index contributed by atoms with van der Waals surface area (Å²) in [4.78, 5) is 14.2. The van der Waals surface area contributed by atoms with E-state index in [-0.39, 0.29) is 5.78 Å². The smallest absolute Gasteiger partial charge is 0.180 e. The van der Waals surface area contributed by atoms with Gasteiger partial charge in [0.15, 0.2) is 5.78 Å². The molecule has 3 nitrogen and oxygen atoms in total. The van der Waals surface area contributed by atoms with Gasteiger partial charge in [0, 0.05) is 11.4 Å². The highest BCUT2D eigenvalue weighted by Crippen LogP contribution is 2.21. The molecule has 0 atom stereocenters. The number of Topliss-reactive ketones (excluding diaryl/α,β-unsaturated/α-hetero) is 1. The van der Waals surface area contributed by atoms with Crippen molar-refractivity contribution in [1.29, 1.82) is 0 Å². The van der Waals surface area contributed by atoms with E-state index in [9.17, 15) is 4.79 Å². The lowest BCUT2D eigenvalue weighted by Crippen LogP contribution is -2.31. The minimum atomic E-state index is 0.103. The number of carbonyl (C=O) groups is 1. The molecule has 0 spiro atoms. The van der Waals surface area contributed by atoms with E-state index in [0.29, 0.717) is 18.2 Å². The monoisotopic (exact) mass is 231 g/mol. The highest BCUT2D eigenvalue weighted by Gasteiger charge is 2.16. The third-order valence-electron chi connectivity index (χ3n) is 3.06. The molecule has 1 aromatic carbocycles. The largest absolute Gasteiger partial charge is 0.464 e. The number of benzene rings is 1. The second-order valence-corrected chi connectivity index (χ2v) is 4.58. The molecule has 0 aliphatic rings. The van der Waals surface area contributed by atoms with Gasteiger partial charge in [-0.3, -0.25) is 9.69 Å². The fourth-order valence-electron chi connectivity index (χ4n) is 1.69. The first kappa shape index (κ1) is 11.9. The minimum Gasteiger partial charge on any atom is -0.464 e. The van der Waals surface area contributed by atoms with Crippen molar-refractivity contribution in [2.24, 2.45) is 0 Å². The van der Waals surface area contributed by atoms with Crippen molar-refractivity contribution in [2.75, 3.05) is 13.6 Å². The molecule has 2 rings (SSSR count). The number of furan rings is 1. The lowest BCUT2D eigenvalue weighted by atomic mass is 10.1. The molecule has 0 amide bonds. The molecule has 90 valence electrons. The Kier molecular flexibility index (Phi) is 3.29. The number of hydrogen-bond acceptors (Lipinski definition) is 3. The van der Waals surface area contributed by atoms with Gasteiger partial charge in [-0.1, -0.05) is 18.2 Å². The predicted molar refractivity (Wildman–Crippen MR) is 68.3 cm³/mol. The SMILES string of the molecule is CC(C)N(C)CC(=O)c1coc2ccccc12. The zero-order valence-corrected chi connectivity index (χ0v) is 10.4. The van der Waals surface area contributed by atoms with Gasteiger partial charge in [-0.15, -0.1) is 0 Å². The summed E-state index contributed by atoms with van der Waals surface area (Å²) >= 11 is 0. The summed E-state index contributed by atoms with van der Waals surface area (Å²) in [6, 6.07) is 7.97. The number of para-hydroxylation sites is 1. The second kappa shape index (κ2) is 4.72. The van der Waals surface area contributed by atoms with Crippen molar-refractivity contribution in [1.82, 2.24) is 4.90 Å². The summed E-state index contributed by atoms with van der Waals surface area (Å²) in [6.45, 7) is 4.56. The number of rotatable bonds is 4. The molecule has 0 bridgehead atoms. The Bertz CT molecular complexity index is 528. The molecule has 0 fully saturated rings. The van der Waals surface area contributed by atoms with Gasteiger partial charge < -0.3 is 4.42 Å². The quantitative estimate of drug-likeness (QED) is 0.758. The maximum Gasteiger partial charge on any atom is 0.180 e. The predicted octanol–water partition coefficient (Wildman–Crippen LogP) is 2.96. The second-order valence-electron chi connectivity index (χ2n) is 4.58. The van der Waals surface area contributed by atoms with E-state index in [0.717, 1.165) is 11.0 Å². The maximum absolute atomic E-state index is 12.1. The Morgan fingerprint density at radius 1 is 1.35 bits per heavy atom. The normalized spacial score (nSPS) is 11.6. The van der Waals surface area contributed by atoms with Gasteiger partial charge in [0.25, 0.3) is 0 Å². The van der Waals surface area contributed by atoms with Crippen LogP contribution in [0.3, 0.4) is 0 Å². The number of ketones is 1. The molecule has 1 aromatic heterocycles. The van der Waals surface area contributed by atoms with Gasteiger partial charge in [-0.05, 0) is 27.0 Å². The zero-order chi connectivity index (χ0) is 12.4. The molecule has 0 N–H and O–H groups in total. The van der Waals surface area contributed by atoms with Crippen molar-refractivity contribution in [3.8, 4) is 0 Å². The number of fused-ring (bicyclic) bond motifs is 1. The number of hydrogen-bond donors (Lipinski definition) is 0. The van der Waals surface area contributed by atoms with Crippen LogP contribution in [-0.4, -0.2) is 30.3 Å². The van der Waals surface area contributed by atoms with Gasteiger partial charge >= 0.3 is 0 Å². The topological polar surface area (TPSA) is 33.5 Å². The molecular formula is C14H17NO2. The van der Waals surface area contributed by atoms with Crippen molar-refractivity contribution < 1.29 is 9.21 Å². The number of likely N-dealkylation sites (N-methyl/N-ethyl adjacent to an activating group) is 1. The Balaban J connectivity index is 2.25. The van der Waals surface area contributed by atoms with E-state index in [2.05, 4.69) is 13.8 Å². The molecule has 3 heteroatoms. The zero-order valence-electron chi connectivity index (χ0n) is 10.4. The van der Waals surface area contributed by atoms with Gasteiger partial charge in [0.2, 0.25) is 0 Å². The Hall–Kier alpha value is -1.61. The van der Waals surface area contributed by atoms with E-state index in [1.54, 1.807) is 6.26 Å². The van der Waals surface area contributed by atoms with Gasteiger partial charge in [0.05, 0.1) is 12.1 Å². The first-order valence-corrected chi connectivity index (χ1v) is 5.79. The molecular weight excluding hydrogens is 214 g/mol. The molecule has 0 saturated heterocycles. The summed E-state index contributed by atoms with van der Waals surface area (Å²) in [5.41, 5.74) is 1.44. The van der Waals surface area contributed by atoms with Crippen LogP contribution in [0.25, 0.3) is 11.0 Å². The summed E-state index contributed by atoms with van der Waals surface area (Å²) in [7, 11) is 1.95. The van der Waals surface area contributed by atoms with Crippen molar-refractivity contribution in [3.05, 3.63) is 36.1 Å². The summed E-state index contributed by atoms with van der Waals surface area (Å²) in [6.07, 6.45) is 1.56. The minimum absolute atomic E-state index is 0.103. The van der Waals surface area contributed by atoms with Crippen LogP contribution in [0.2, 0.25) is 0 Å². The summed E-state index contributed by atoms with van der Waals surface area (Å²) < 4.78 is 5.37. The maximum atomic E-state index is 12.1. The van der Waals surface area contributed by atoms with Crippen molar-refractivity contribution >= 4 is 16.8 Å². The van der Waals surface area contributed by atoms with Gasteiger partial charge in [0.1, 0.15) is 11.8 Å². The van der Waals surface area contributed by atoms with Crippen LogP contribution in [0.4, 0.5) is 0 Å². The Labute approximate surface area is 101 Å². The molecule has 0 unspecified atom stereocenters. The summed E-state index contributed by atoms with van der Waals surface area (Å²) in [5, 5.41) is 0.898. The Morgan fingerprint density at radius 3 is 2.76 bits per heavy atom. The van der Waals surface area contributed by atoms with Gasteiger partial charge in [-0.25, -0.2) is 0 Å². The Morgan fingerprint density at radius 2 is 2.06 bits per heavy atom. The van der Waals surface area contributed by atoms with E-state index in [1.807, 2.05) is 36.2 Å². The third-order valence-corrected chi connectivity index (χ3v) is 3.06. The molecule has 0 radical (unpaired) electrons. The van der Waals surface area contributed by atoms with Crippen LogP contribution in [0, 0.1) is 0 Å². The molecule has 0 saturated carbocycles. The molecule has 0 aliphatic heterocycles. The number of nitrogens with zero attached hydrogens (tertiary/aromatic N) is 1. The van der Waals surface area contributed by atoms with Crippen LogP contribution in [0.1, 0.15) is 24.2 Å². The average molecular weight is 231 g/mol. The van der Waals surface area contributed by atoms with Crippen LogP contribution < -0.4 is 0 Å².